The molecule has 1 saturated carbocycles. The molecule has 0 radical (unpaired) electrons. The van der Waals surface area contributed by atoms with E-state index in [2.05, 4.69) is 17.6 Å². The van der Waals surface area contributed by atoms with Crippen molar-refractivity contribution in [3.63, 3.8) is 0 Å². The van der Waals surface area contributed by atoms with Crippen molar-refractivity contribution in [3.05, 3.63) is 0 Å². The summed E-state index contributed by atoms with van der Waals surface area (Å²) >= 11 is 0. The number of carboxylic acids is 1. The van der Waals surface area contributed by atoms with Crippen molar-refractivity contribution in [1.29, 1.82) is 0 Å². The van der Waals surface area contributed by atoms with Crippen LogP contribution in [0.25, 0.3) is 0 Å². The van der Waals surface area contributed by atoms with Gasteiger partial charge in [-0.2, -0.15) is 0 Å². The van der Waals surface area contributed by atoms with Crippen LogP contribution in [0.5, 0.6) is 0 Å². The van der Waals surface area contributed by atoms with Crippen LogP contribution in [0.3, 0.4) is 0 Å². The molecule has 0 aromatic heterocycles. The zero-order valence-corrected chi connectivity index (χ0v) is 11.0. The number of hydrogen-bond acceptors (Lipinski definition) is 3. The Balaban J connectivity index is 2.42. The van der Waals surface area contributed by atoms with Crippen molar-refractivity contribution >= 4 is 17.9 Å². The van der Waals surface area contributed by atoms with Crippen LogP contribution >= 0.6 is 0 Å². The standard InChI is InChI=1S/C12H21N3O4/c1-7-3-2-4-8(7)14-12(19)15-9(11(17)18)5-6-10(13)16/h7-9H,2-6H2,1H3,(H2,13,16)(H,17,18)(H2,14,15,19). The molecular weight excluding hydrogens is 250 g/mol. The normalized spacial score (nSPS) is 23.6. The number of nitrogens with two attached hydrogens (primary N) is 1. The van der Waals surface area contributed by atoms with E-state index in [-0.39, 0.29) is 18.9 Å². The van der Waals surface area contributed by atoms with E-state index in [1.165, 1.54) is 0 Å². The van der Waals surface area contributed by atoms with Crippen molar-refractivity contribution in [2.75, 3.05) is 0 Å². The molecule has 0 spiro atoms. The van der Waals surface area contributed by atoms with Crippen LogP contribution in [-0.2, 0) is 9.59 Å². The van der Waals surface area contributed by atoms with Gasteiger partial charge in [-0.15, -0.1) is 0 Å². The quantitative estimate of drug-likeness (QED) is 0.551. The van der Waals surface area contributed by atoms with Gasteiger partial charge in [-0.1, -0.05) is 13.3 Å². The summed E-state index contributed by atoms with van der Waals surface area (Å²) < 4.78 is 0. The molecule has 7 heteroatoms. The lowest BCUT2D eigenvalue weighted by atomic mass is 10.1. The van der Waals surface area contributed by atoms with Crippen LogP contribution in [0, 0.1) is 5.92 Å². The fourth-order valence-electron chi connectivity index (χ4n) is 2.27. The van der Waals surface area contributed by atoms with Crippen molar-refractivity contribution < 1.29 is 19.5 Å². The summed E-state index contributed by atoms with van der Waals surface area (Å²) in [5.41, 5.74) is 4.96. The molecule has 108 valence electrons. The zero-order chi connectivity index (χ0) is 14.4. The first-order valence-electron chi connectivity index (χ1n) is 6.48. The fraction of sp³-hybridized carbons (Fsp3) is 0.750. The van der Waals surface area contributed by atoms with E-state index >= 15 is 0 Å². The Bertz CT molecular complexity index is 359. The molecule has 1 aliphatic rings. The minimum Gasteiger partial charge on any atom is -0.480 e. The fourth-order valence-corrected chi connectivity index (χ4v) is 2.27. The molecule has 7 nitrogen and oxygen atoms in total. The van der Waals surface area contributed by atoms with Gasteiger partial charge in [0.2, 0.25) is 5.91 Å². The summed E-state index contributed by atoms with van der Waals surface area (Å²) in [6.45, 7) is 2.06. The number of amides is 3. The Hall–Kier alpha value is -1.79. The molecule has 0 bridgehead atoms. The maximum absolute atomic E-state index is 11.7. The molecule has 19 heavy (non-hydrogen) atoms. The van der Waals surface area contributed by atoms with Gasteiger partial charge in [0.15, 0.2) is 0 Å². The highest BCUT2D eigenvalue weighted by Gasteiger charge is 2.26. The Morgan fingerprint density at radius 2 is 2.05 bits per heavy atom. The van der Waals surface area contributed by atoms with Gasteiger partial charge in [0.1, 0.15) is 6.04 Å². The summed E-state index contributed by atoms with van der Waals surface area (Å²) in [7, 11) is 0. The van der Waals surface area contributed by atoms with Gasteiger partial charge in [0.25, 0.3) is 0 Å². The molecule has 0 aliphatic heterocycles. The van der Waals surface area contributed by atoms with Crippen molar-refractivity contribution in [3.8, 4) is 0 Å². The van der Waals surface area contributed by atoms with Gasteiger partial charge in [-0.3, -0.25) is 4.79 Å². The topological polar surface area (TPSA) is 122 Å². The molecule has 1 rings (SSSR count). The average molecular weight is 271 g/mol. The van der Waals surface area contributed by atoms with Gasteiger partial charge in [0.05, 0.1) is 0 Å². The predicted octanol–water partition coefficient (Wildman–Crippen LogP) is 0.193. The molecule has 0 saturated heterocycles. The molecule has 3 unspecified atom stereocenters. The SMILES string of the molecule is CC1CCCC1NC(=O)NC(CCC(N)=O)C(=O)O. The zero-order valence-electron chi connectivity index (χ0n) is 11.0. The summed E-state index contributed by atoms with van der Waals surface area (Å²) in [5, 5.41) is 14.1. The van der Waals surface area contributed by atoms with Gasteiger partial charge in [-0.05, 0) is 25.2 Å². The van der Waals surface area contributed by atoms with Crippen LogP contribution in [0.15, 0.2) is 0 Å². The molecule has 0 aromatic carbocycles. The Morgan fingerprint density at radius 1 is 1.37 bits per heavy atom. The highest BCUT2D eigenvalue weighted by atomic mass is 16.4. The summed E-state index contributed by atoms with van der Waals surface area (Å²) in [4.78, 5) is 33.3. The lowest BCUT2D eigenvalue weighted by Crippen LogP contribution is -2.49. The first-order valence-corrected chi connectivity index (χ1v) is 6.48. The monoisotopic (exact) mass is 271 g/mol. The number of nitrogens with one attached hydrogen (secondary N) is 2. The lowest BCUT2D eigenvalue weighted by molar-refractivity contribution is -0.139. The van der Waals surface area contributed by atoms with Crippen molar-refractivity contribution in [2.45, 2.75) is 51.1 Å². The van der Waals surface area contributed by atoms with E-state index in [1.54, 1.807) is 0 Å². The second-order valence-electron chi connectivity index (χ2n) is 5.03. The predicted molar refractivity (Wildman–Crippen MR) is 68.3 cm³/mol. The van der Waals surface area contributed by atoms with Crippen molar-refractivity contribution in [1.82, 2.24) is 10.6 Å². The van der Waals surface area contributed by atoms with Crippen LogP contribution in [0.4, 0.5) is 4.79 Å². The van der Waals surface area contributed by atoms with E-state index in [0.717, 1.165) is 19.3 Å². The molecule has 1 fully saturated rings. The van der Waals surface area contributed by atoms with E-state index < -0.39 is 23.9 Å². The second kappa shape index (κ2) is 6.96. The number of primary amides is 1. The summed E-state index contributed by atoms with van der Waals surface area (Å²) in [6.07, 6.45) is 2.97. The highest BCUT2D eigenvalue weighted by molar-refractivity contribution is 5.83. The molecular formula is C12H21N3O4. The summed E-state index contributed by atoms with van der Waals surface area (Å²) in [5.74, 6) is -1.35. The maximum Gasteiger partial charge on any atom is 0.326 e. The Kier molecular flexibility index (Phi) is 5.59. The van der Waals surface area contributed by atoms with Gasteiger partial charge >= 0.3 is 12.0 Å². The number of hydrogen-bond donors (Lipinski definition) is 4. The number of urea groups is 1. The number of aliphatic carboxylic acids is 1. The van der Waals surface area contributed by atoms with E-state index in [9.17, 15) is 14.4 Å². The largest absolute Gasteiger partial charge is 0.480 e. The highest BCUT2D eigenvalue weighted by Crippen LogP contribution is 2.24. The number of carbonyl (C=O) groups is 3. The maximum atomic E-state index is 11.7. The molecule has 0 aromatic rings. The van der Waals surface area contributed by atoms with Crippen LogP contribution in [0.2, 0.25) is 0 Å². The molecule has 1 aliphatic carbocycles. The lowest BCUT2D eigenvalue weighted by Gasteiger charge is -2.20. The molecule has 5 N–H and O–H groups in total. The average Bonchev–Trinajstić information content (AvgIpc) is 2.69. The third-order valence-electron chi connectivity index (χ3n) is 3.46. The van der Waals surface area contributed by atoms with Gasteiger partial charge in [-0.25, -0.2) is 9.59 Å². The third-order valence-corrected chi connectivity index (χ3v) is 3.46. The minimum atomic E-state index is -1.17. The Labute approximate surface area is 111 Å². The molecule has 3 amide bonds. The first kappa shape index (κ1) is 15.3. The number of carboxylic acid groups (broad SMARTS) is 1. The van der Waals surface area contributed by atoms with Crippen molar-refractivity contribution in [2.24, 2.45) is 11.7 Å². The number of carbonyl (C=O) groups excluding carboxylic acids is 2. The van der Waals surface area contributed by atoms with Crippen LogP contribution in [0.1, 0.15) is 39.0 Å². The van der Waals surface area contributed by atoms with E-state index in [1.807, 2.05) is 0 Å². The molecule has 3 atom stereocenters. The van der Waals surface area contributed by atoms with Gasteiger partial charge in [0, 0.05) is 12.5 Å². The van der Waals surface area contributed by atoms with Crippen LogP contribution < -0.4 is 16.4 Å². The first-order chi connectivity index (χ1) is 8.90. The third kappa shape index (κ3) is 5.15. The van der Waals surface area contributed by atoms with E-state index in [4.69, 9.17) is 10.8 Å². The summed E-state index contributed by atoms with van der Waals surface area (Å²) in [6, 6.07) is -1.51. The molecule has 0 heterocycles. The smallest absolute Gasteiger partial charge is 0.326 e. The Morgan fingerprint density at radius 3 is 2.53 bits per heavy atom. The minimum absolute atomic E-state index is 0.00168. The van der Waals surface area contributed by atoms with Gasteiger partial charge < -0.3 is 21.5 Å². The van der Waals surface area contributed by atoms with Crippen LogP contribution in [-0.4, -0.2) is 35.1 Å². The van der Waals surface area contributed by atoms with E-state index in [0.29, 0.717) is 5.92 Å². The second-order valence-corrected chi connectivity index (χ2v) is 5.03. The number of rotatable bonds is 6.